The van der Waals surface area contributed by atoms with Crippen molar-refractivity contribution in [3.63, 3.8) is 0 Å². The van der Waals surface area contributed by atoms with E-state index in [0.29, 0.717) is 39.3 Å². The summed E-state index contributed by atoms with van der Waals surface area (Å²) >= 11 is 6.38. The van der Waals surface area contributed by atoms with E-state index in [0.717, 1.165) is 31.4 Å². The number of nitriles is 1. The zero-order valence-corrected chi connectivity index (χ0v) is 19.9. The molecule has 0 radical (unpaired) electrons. The molecule has 2 aliphatic rings. The van der Waals surface area contributed by atoms with Crippen LogP contribution in [0.2, 0.25) is 0 Å². The van der Waals surface area contributed by atoms with Crippen molar-refractivity contribution >= 4 is 52.1 Å². The van der Waals surface area contributed by atoms with E-state index in [-0.39, 0.29) is 30.0 Å². The van der Waals surface area contributed by atoms with E-state index in [9.17, 15) is 19.6 Å². The number of pyridine rings is 1. The Balaban J connectivity index is 2.07. The highest BCUT2D eigenvalue weighted by molar-refractivity contribution is 8.26. The summed E-state index contributed by atoms with van der Waals surface area (Å²) in [6, 6.07) is 2.00. The Kier molecular flexibility index (Phi) is 7.38. The molecule has 0 spiro atoms. The number of thioether (sulfide) groups is 1. The highest BCUT2D eigenvalue weighted by atomic mass is 32.2. The number of carbonyl (C=O) groups is 2. The van der Waals surface area contributed by atoms with Gasteiger partial charge in [0.15, 0.2) is 0 Å². The van der Waals surface area contributed by atoms with Crippen molar-refractivity contribution in [3.8, 4) is 6.07 Å². The molecule has 1 amide bonds. The standard InChI is InChI=1S/C21H25N5O4S2/c1-4-24-7-9-25(10-8-24)18-14(13(2)15(12-22)19(29)23(18)3)11-16-20(30)26(21(31)32-16)6-5-17(27)28/h11H,4-10H2,1-3H3,(H,27,28)/b16-11-. The Morgan fingerprint density at radius 1 is 1.28 bits per heavy atom. The SMILES string of the molecule is CCN1CCN(c2c(/C=C3\SC(=S)N(CCC(=O)O)C3=O)c(C)c(C#N)c(=O)n2C)CC1. The molecule has 0 saturated carbocycles. The molecule has 0 unspecified atom stereocenters. The van der Waals surface area contributed by atoms with Gasteiger partial charge in [-0.3, -0.25) is 23.9 Å². The molecule has 1 aromatic heterocycles. The molecule has 2 fully saturated rings. The highest BCUT2D eigenvalue weighted by Crippen LogP contribution is 2.35. The molecule has 3 heterocycles. The second-order valence-electron chi connectivity index (χ2n) is 7.61. The Bertz CT molecular complexity index is 1100. The second-order valence-corrected chi connectivity index (χ2v) is 9.29. The fourth-order valence-corrected chi connectivity index (χ4v) is 5.19. The van der Waals surface area contributed by atoms with Crippen LogP contribution in [0, 0.1) is 18.3 Å². The predicted molar refractivity (Wildman–Crippen MR) is 128 cm³/mol. The number of hydrogen-bond acceptors (Lipinski definition) is 8. The quantitative estimate of drug-likeness (QED) is 0.482. The number of hydrogen-bond donors (Lipinski definition) is 1. The van der Waals surface area contributed by atoms with Gasteiger partial charge in [0, 0.05) is 45.3 Å². The molecule has 0 bridgehead atoms. The summed E-state index contributed by atoms with van der Waals surface area (Å²) in [5, 5.41) is 18.5. The Hall–Kier alpha value is -2.68. The van der Waals surface area contributed by atoms with Crippen LogP contribution < -0.4 is 10.5 Å². The van der Waals surface area contributed by atoms with Crippen molar-refractivity contribution < 1.29 is 14.7 Å². The van der Waals surface area contributed by atoms with Crippen LogP contribution in [0.15, 0.2) is 9.70 Å². The zero-order valence-electron chi connectivity index (χ0n) is 18.3. The van der Waals surface area contributed by atoms with Crippen LogP contribution in [0.25, 0.3) is 6.08 Å². The normalized spacial score (nSPS) is 18.5. The molecule has 9 nitrogen and oxygen atoms in total. The molecule has 0 aromatic carbocycles. The van der Waals surface area contributed by atoms with Gasteiger partial charge in [-0.2, -0.15) is 5.26 Å². The lowest BCUT2D eigenvalue weighted by atomic mass is 10.0. The van der Waals surface area contributed by atoms with Gasteiger partial charge in [0.25, 0.3) is 11.5 Å². The van der Waals surface area contributed by atoms with Gasteiger partial charge in [-0.05, 0) is 25.1 Å². The van der Waals surface area contributed by atoms with E-state index >= 15 is 0 Å². The molecule has 1 aromatic rings. The van der Waals surface area contributed by atoms with Gasteiger partial charge >= 0.3 is 5.97 Å². The third kappa shape index (κ3) is 4.57. The number of aliphatic carboxylic acids is 1. The number of amides is 1. The van der Waals surface area contributed by atoms with Crippen LogP contribution in [0.3, 0.4) is 0 Å². The predicted octanol–water partition coefficient (Wildman–Crippen LogP) is 1.38. The number of nitrogens with zero attached hydrogens (tertiary/aromatic N) is 5. The van der Waals surface area contributed by atoms with Crippen molar-refractivity contribution in [2.45, 2.75) is 20.3 Å². The van der Waals surface area contributed by atoms with E-state index in [1.54, 1.807) is 20.0 Å². The molecule has 170 valence electrons. The number of aromatic nitrogens is 1. The maximum absolute atomic E-state index is 12.9. The van der Waals surface area contributed by atoms with Gasteiger partial charge in [-0.15, -0.1) is 0 Å². The highest BCUT2D eigenvalue weighted by Gasteiger charge is 2.33. The first-order valence-electron chi connectivity index (χ1n) is 10.3. The van der Waals surface area contributed by atoms with E-state index < -0.39 is 5.97 Å². The largest absolute Gasteiger partial charge is 0.481 e. The molecule has 0 aliphatic carbocycles. The molecular formula is C21H25N5O4S2. The average Bonchev–Trinajstić information content (AvgIpc) is 3.03. The second kappa shape index (κ2) is 9.85. The van der Waals surface area contributed by atoms with Gasteiger partial charge in [0.1, 0.15) is 21.8 Å². The van der Waals surface area contributed by atoms with Crippen LogP contribution in [-0.2, 0) is 16.6 Å². The lowest BCUT2D eigenvalue weighted by Gasteiger charge is -2.37. The van der Waals surface area contributed by atoms with Gasteiger partial charge in [0.2, 0.25) is 0 Å². The molecule has 1 N–H and O–H groups in total. The van der Waals surface area contributed by atoms with Gasteiger partial charge in [-0.25, -0.2) is 0 Å². The van der Waals surface area contributed by atoms with E-state index in [1.165, 1.54) is 9.47 Å². The monoisotopic (exact) mass is 475 g/mol. The van der Waals surface area contributed by atoms with E-state index in [4.69, 9.17) is 17.3 Å². The third-order valence-corrected chi connectivity index (χ3v) is 7.16. The minimum Gasteiger partial charge on any atom is -0.481 e. The number of carboxylic acid groups (broad SMARTS) is 1. The third-order valence-electron chi connectivity index (χ3n) is 5.79. The van der Waals surface area contributed by atoms with E-state index in [2.05, 4.69) is 16.7 Å². The maximum Gasteiger partial charge on any atom is 0.305 e. The summed E-state index contributed by atoms with van der Waals surface area (Å²) < 4.78 is 1.77. The summed E-state index contributed by atoms with van der Waals surface area (Å²) in [5.41, 5.74) is 0.812. The summed E-state index contributed by atoms with van der Waals surface area (Å²) in [5.74, 6) is -0.711. The maximum atomic E-state index is 12.9. The van der Waals surface area contributed by atoms with Crippen molar-refractivity contribution in [2.75, 3.05) is 44.2 Å². The molecule has 2 aliphatic heterocycles. The van der Waals surface area contributed by atoms with E-state index in [1.807, 2.05) is 6.07 Å². The number of piperazine rings is 1. The Labute approximate surface area is 195 Å². The van der Waals surface area contributed by atoms with Crippen molar-refractivity contribution in [2.24, 2.45) is 7.05 Å². The van der Waals surface area contributed by atoms with Crippen LogP contribution in [0.1, 0.15) is 30.0 Å². The molecule has 0 atom stereocenters. The van der Waals surface area contributed by atoms with Crippen LogP contribution in [-0.4, -0.2) is 74.9 Å². The Morgan fingerprint density at radius 2 is 1.94 bits per heavy atom. The molecular weight excluding hydrogens is 450 g/mol. The number of carbonyl (C=O) groups excluding carboxylic acids is 1. The summed E-state index contributed by atoms with van der Waals surface area (Å²) in [7, 11) is 1.64. The first-order valence-corrected chi connectivity index (χ1v) is 11.5. The van der Waals surface area contributed by atoms with Crippen LogP contribution in [0.5, 0.6) is 0 Å². The number of carboxylic acids is 1. The van der Waals surface area contributed by atoms with Crippen LogP contribution >= 0.6 is 24.0 Å². The minimum atomic E-state index is -1.01. The number of thiocarbonyl (C=S) groups is 1. The lowest BCUT2D eigenvalue weighted by Crippen LogP contribution is -2.48. The summed E-state index contributed by atoms with van der Waals surface area (Å²) in [6.45, 7) is 7.89. The van der Waals surface area contributed by atoms with Gasteiger partial charge in [0.05, 0.1) is 11.3 Å². The molecule has 2 saturated heterocycles. The first-order chi connectivity index (χ1) is 15.2. The van der Waals surface area contributed by atoms with Crippen molar-refractivity contribution in [3.05, 3.63) is 31.9 Å². The fourth-order valence-electron chi connectivity index (χ4n) is 3.90. The summed E-state index contributed by atoms with van der Waals surface area (Å²) in [6.07, 6.45) is 1.47. The molecule has 3 rings (SSSR count). The smallest absolute Gasteiger partial charge is 0.305 e. The minimum absolute atomic E-state index is 0.00111. The topological polar surface area (TPSA) is 110 Å². The van der Waals surface area contributed by atoms with Gasteiger partial charge < -0.3 is 14.9 Å². The first kappa shape index (κ1) is 24.0. The number of likely N-dealkylation sites (N-methyl/N-ethyl adjacent to an activating group) is 1. The fraction of sp³-hybridized carbons (Fsp3) is 0.476. The average molecular weight is 476 g/mol. The molecule has 11 heteroatoms. The number of rotatable bonds is 6. The lowest BCUT2D eigenvalue weighted by molar-refractivity contribution is -0.137. The summed E-state index contributed by atoms with van der Waals surface area (Å²) in [4.78, 5) is 42.7. The zero-order chi connectivity index (χ0) is 23.6. The Morgan fingerprint density at radius 3 is 2.50 bits per heavy atom. The molecule has 32 heavy (non-hydrogen) atoms. The van der Waals surface area contributed by atoms with Crippen molar-refractivity contribution in [1.29, 1.82) is 5.26 Å². The van der Waals surface area contributed by atoms with Crippen LogP contribution in [0.4, 0.5) is 5.82 Å². The number of anilines is 1. The van der Waals surface area contributed by atoms with Crippen molar-refractivity contribution in [1.82, 2.24) is 14.4 Å². The van der Waals surface area contributed by atoms with Gasteiger partial charge in [-0.1, -0.05) is 30.9 Å².